The zero-order valence-corrected chi connectivity index (χ0v) is 19.7. The molecule has 1 fully saturated rings. The fourth-order valence-corrected chi connectivity index (χ4v) is 5.83. The zero-order valence-electron chi connectivity index (χ0n) is 18.9. The number of nitrogens with zero attached hydrogens (tertiary/aromatic N) is 3. The van der Waals surface area contributed by atoms with Crippen LogP contribution in [0.15, 0.2) is 21.6 Å². The summed E-state index contributed by atoms with van der Waals surface area (Å²) in [5.41, 5.74) is 3.60. The second-order valence-electron chi connectivity index (χ2n) is 9.08. The lowest BCUT2D eigenvalue weighted by molar-refractivity contribution is 0.0695. The number of hydrogen-bond donors (Lipinski definition) is 0. The third-order valence-electron chi connectivity index (χ3n) is 5.70. The second-order valence-corrected chi connectivity index (χ2v) is 11.0. The van der Waals surface area contributed by atoms with Crippen molar-refractivity contribution >= 4 is 15.9 Å². The van der Waals surface area contributed by atoms with Crippen LogP contribution < -0.4 is 0 Å². The topological polar surface area (TPSA) is 83.7 Å². The Bertz CT molecular complexity index is 1030. The predicted molar refractivity (Wildman–Crippen MR) is 115 cm³/mol. The molecule has 2 aromatic rings. The standard InChI is InChI=1S/C22H31N3O4S/c1-14-12-18(22(5,6)7)13-15(2)20(14)30(27,28)25-10-8-24(9-11-25)21(26)19-16(3)23-29-17(19)4/h12-13H,8-11H2,1-7H3. The predicted octanol–water partition coefficient (Wildman–Crippen LogP) is 3.35. The molecule has 0 atom stereocenters. The van der Waals surface area contributed by atoms with Crippen molar-refractivity contribution in [3.05, 3.63) is 45.8 Å². The summed E-state index contributed by atoms with van der Waals surface area (Å²) in [5, 5.41) is 3.84. The third kappa shape index (κ3) is 4.03. The minimum atomic E-state index is -3.64. The maximum Gasteiger partial charge on any atom is 0.259 e. The van der Waals surface area contributed by atoms with E-state index in [2.05, 4.69) is 25.9 Å². The van der Waals surface area contributed by atoms with Crippen LogP contribution in [-0.4, -0.2) is 54.9 Å². The molecule has 1 aliphatic heterocycles. The van der Waals surface area contributed by atoms with Crippen LogP contribution >= 0.6 is 0 Å². The minimum Gasteiger partial charge on any atom is -0.361 e. The molecule has 164 valence electrons. The van der Waals surface area contributed by atoms with Gasteiger partial charge in [-0.1, -0.05) is 38.1 Å². The number of sulfonamides is 1. The highest BCUT2D eigenvalue weighted by Gasteiger charge is 2.34. The van der Waals surface area contributed by atoms with Gasteiger partial charge in [0.15, 0.2) is 0 Å². The molecule has 1 aliphatic rings. The molecule has 0 aliphatic carbocycles. The Morgan fingerprint density at radius 3 is 1.97 bits per heavy atom. The van der Waals surface area contributed by atoms with Gasteiger partial charge in [0.2, 0.25) is 10.0 Å². The highest BCUT2D eigenvalue weighted by molar-refractivity contribution is 7.89. The van der Waals surface area contributed by atoms with E-state index in [-0.39, 0.29) is 24.4 Å². The van der Waals surface area contributed by atoms with Crippen molar-refractivity contribution in [3.63, 3.8) is 0 Å². The van der Waals surface area contributed by atoms with Crippen LogP contribution in [0, 0.1) is 27.7 Å². The van der Waals surface area contributed by atoms with E-state index in [0.29, 0.717) is 35.0 Å². The van der Waals surface area contributed by atoms with Gasteiger partial charge in [0.25, 0.3) is 5.91 Å². The molecule has 0 spiro atoms. The van der Waals surface area contributed by atoms with Crippen molar-refractivity contribution in [2.75, 3.05) is 26.2 Å². The Balaban J connectivity index is 1.81. The number of hydrogen-bond acceptors (Lipinski definition) is 5. The van der Waals surface area contributed by atoms with Gasteiger partial charge in [-0.3, -0.25) is 4.79 Å². The third-order valence-corrected chi connectivity index (χ3v) is 7.90. The van der Waals surface area contributed by atoms with Crippen molar-refractivity contribution in [3.8, 4) is 0 Å². The van der Waals surface area contributed by atoms with Crippen molar-refractivity contribution < 1.29 is 17.7 Å². The van der Waals surface area contributed by atoms with Crippen LogP contribution in [-0.2, 0) is 15.4 Å². The minimum absolute atomic E-state index is 0.0536. The molecule has 0 bridgehead atoms. The number of benzene rings is 1. The molecular formula is C22H31N3O4S. The number of amides is 1. The van der Waals surface area contributed by atoms with E-state index in [1.54, 1.807) is 18.7 Å². The van der Waals surface area contributed by atoms with Crippen LogP contribution in [0.5, 0.6) is 0 Å². The van der Waals surface area contributed by atoms with Crippen LogP contribution in [0.2, 0.25) is 0 Å². The summed E-state index contributed by atoms with van der Waals surface area (Å²) in [6.07, 6.45) is 0. The van der Waals surface area contributed by atoms with E-state index in [1.807, 2.05) is 26.0 Å². The molecule has 1 aromatic heterocycles. The maximum absolute atomic E-state index is 13.4. The Kier molecular flexibility index (Phi) is 5.86. The monoisotopic (exact) mass is 433 g/mol. The first kappa shape index (κ1) is 22.5. The van der Waals surface area contributed by atoms with Gasteiger partial charge in [-0.05, 0) is 49.8 Å². The number of carbonyl (C=O) groups is 1. The molecule has 7 nitrogen and oxygen atoms in total. The SMILES string of the molecule is Cc1cc(C(C)(C)C)cc(C)c1S(=O)(=O)N1CCN(C(=O)c2c(C)noc2C)CC1. The molecule has 0 N–H and O–H groups in total. The Labute approximate surface area is 179 Å². The molecule has 1 saturated heterocycles. The van der Waals surface area contributed by atoms with E-state index in [0.717, 1.165) is 16.7 Å². The molecule has 0 radical (unpaired) electrons. The number of aryl methyl sites for hydroxylation is 4. The van der Waals surface area contributed by atoms with Crippen LogP contribution in [0.1, 0.15) is 59.3 Å². The molecule has 1 aromatic carbocycles. The zero-order chi connectivity index (χ0) is 22.4. The highest BCUT2D eigenvalue weighted by atomic mass is 32.2. The Hall–Kier alpha value is -2.19. The number of aromatic nitrogens is 1. The molecule has 0 unspecified atom stereocenters. The van der Waals surface area contributed by atoms with E-state index < -0.39 is 10.0 Å². The quantitative estimate of drug-likeness (QED) is 0.741. The molecule has 2 heterocycles. The average Bonchev–Trinajstić information content (AvgIpc) is 2.98. The van der Waals surface area contributed by atoms with Crippen molar-refractivity contribution in [2.24, 2.45) is 0 Å². The first-order valence-electron chi connectivity index (χ1n) is 10.2. The lowest BCUT2D eigenvalue weighted by Gasteiger charge is -2.34. The van der Waals surface area contributed by atoms with Crippen molar-refractivity contribution in [1.82, 2.24) is 14.4 Å². The first-order valence-corrected chi connectivity index (χ1v) is 11.6. The van der Waals surface area contributed by atoms with E-state index >= 15 is 0 Å². The molecular weight excluding hydrogens is 402 g/mol. The summed E-state index contributed by atoms with van der Waals surface area (Å²) >= 11 is 0. The maximum atomic E-state index is 13.4. The van der Waals surface area contributed by atoms with Crippen LogP contribution in [0.3, 0.4) is 0 Å². The van der Waals surface area contributed by atoms with Gasteiger partial charge in [0.1, 0.15) is 11.3 Å². The van der Waals surface area contributed by atoms with Gasteiger partial charge in [-0.25, -0.2) is 8.42 Å². The average molecular weight is 434 g/mol. The van der Waals surface area contributed by atoms with Gasteiger partial charge in [-0.2, -0.15) is 4.31 Å². The molecule has 8 heteroatoms. The Morgan fingerprint density at radius 2 is 1.53 bits per heavy atom. The second kappa shape index (κ2) is 7.81. The lowest BCUT2D eigenvalue weighted by atomic mass is 9.85. The van der Waals surface area contributed by atoms with Gasteiger partial charge in [-0.15, -0.1) is 0 Å². The number of carbonyl (C=O) groups excluding carboxylic acids is 1. The lowest BCUT2D eigenvalue weighted by Crippen LogP contribution is -2.50. The van der Waals surface area contributed by atoms with Crippen LogP contribution in [0.4, 0.5) is 0 Å². The normalized spacial score (nSPS) is 16.2. The first-order chi connectivity index (χ1) is 13.8. The summed E-state index contributed by atoms with van der Waals surface area (Å²) in [4.78, 5) is 14.9. The largest absolute Gasteiger partial charge is 0.361 e. The van der Waals surface area contributed by atoms with Gasteiger partial charge in [0, 0.05) is 26.2 Å². The summed E-state index contributed by atoms with van der Waals surface area (Å²) in [7, 11) is -3.64. The molecule has 1 amide bonds. The van der Waals surface area contributed by atoms with E-state index in [1.165, 1.54) is 4.31 Å². The highest BCUT2D eigenvalue weighted by Crippen LogP contribution is 2.31. The number of rotatable bonds is 3. The van der Waals surface area contributed by atoms with Crippen molar-refractivity contribution in [1.29, 1.82) is 0 Å². The smallest absolute Gasteiger partial charge is 0.259 e. The van der Waals surface area contributed by atoms with Crippen molar-refractivity contribution in [2.45, 2.75) is 58.8 Å². The molecule has 3 rings (SSSR count). The fraction of sp³-hybridized carbons (Fsp3) is 0.545. The molecule has 0 saturated carbocycles. The summed E-state index contributed by atoms with van der Waals surface area (Å²) in [6, 6.07) is 3.94. The summed E-state index contributed by atoms with van der Waals surface area (Å²) in [5.74, 6) is 0.322. The van der Waals surface area contributed by atoms with Gasteiger partial charge in [0.05, 0.1) is 10.6 Å². The van der Waals surface area contributed by atoms with E-state index in [9.17, 15) is 13.2 Å². The van der Waals surface area contributed by atoms with Gasteiger partial charge >= 0.3 is 0 Å². The number of piperazine rings is 1. The van der Waals surface area contributed by atoms with E-state index in [4.69, 9.17) is 4.52 Å². The van der Waals surface area contributed by atoms with Gasteiger partial charge < -0.3 is 9.42 Å². The summed E-state index contributed by atoms with van der Waals surface area (Å²) in [6.45, 7) is 14.7. The molecule has 30 heavy (non-hydrogen) atoms. The fourth-order valence-electron chi connectivity index (χ4n) is 4.00. The summed E-state index contributed by atoms with van der Waals surface area (Å²) < 4.78 is 33.4. The van der Waals surface area contributed by atoms with Crippen LogP contribution in [0.25, 0.3) is 0 Å². The Morgan fingerprint density at radius 1 is 1.00 bits per heavy atom.